The number of aromatic nitrogens is 1. The standard InChI is InChI=1S/C20H15NO4/c1-13-8-9-17-14(5-4-7-18-20(13)25-12-24-18)19(22)15(11-23-17)16-6-2-3-10-21-16/h2-4,6-11H,1,5,12H2/b7-4-,9-8-. The molecule has 3 heterocycles. The van der Waals surface area contributed by atoms with Crippen molar-refractivity contribution in [2.45, 2.75) is 6.42 Å². The van der Waals surface area contributed by atoms with E-state index in [4.69, 9.17) is 13.9 Å². The molecule has 1 aliphatic heterocycles. The second-order valence-corrected chi connectivity index (χ2v) is 5.60. The van der Waals surface area contributed by atoms with Gasteiger partial charge in [0.1, 0.15) is 12.0 Å². The van der Waals surface area contributed by atoms with Crippen LogP contribution in [0.2, 0.25) is 0 Å². The molecule has 0 unspecified atom stereocenters. The first-order chi connectivity index (χ1) is 12.2. The SMILES string of the molecule is C=C1/C=C\c2occ(-c3ccccn3)c(=O)c2C/C=C\C2=C1OCO2. The first-order valence-electron chi connectivity index (χ1n) is 7.84. The Bertz CT molecular complexity index is 981. The Kier molecular flexibility index (Phi) is 3.82. The van der Waals surface area contributed by atoms with Crippen LogP contribution in [0.1, 0.15) is 11.3 Å². The van der Waals surface area contributed by atoms with Crippen molar-refractivity contribution >= 4 is 6.08 Å². The number of pyridine rings is 1. The Morgan fingerprint density at radius 3 is 2.88 bits per heavy atom. The molecule has 0 fully saturated rings. The van der Waals surface area contributed by atoms with Crippen LogP contribution in [0.4, 0.5) is 0 Å². The highest BCUT2D eigenvalue weighted by Crippen LogP contribution is 2.26. The molecule has 5 nitrogen and oxygen atoms in total. The zero-order valence-corrected chi connectivity index (χ0v) is 13.4. The van der Waals surface area contributed by atoms with Gasteiger partial charge in [-0.2, -0.15) is 0 Å². The molecule has 0 atom stereocenters. The second-order valence-electron chi connectivity index (χ2n) is 5.60. The van der Waals surface area contributed by atoms with E-state index in [1.165, 1.54) is 6.26 Å². The smallest absolute Gasteiger partial charge is 0.231 e. The Morgan fingerprint density at radius 2 is 2.04 bits per heavy atom. The van der Waals surface area contributed by atoms with E-state index >= 15 is 0 Å². The van der Waals surface area contributed by atoms with Crippen molar-refractivity contribution in [3.63, 3.8) is 0 Å². The van der Waals surface area contributed by atoms with Crippen LogP contribution in [0, 0.1) is 0 Å². The third-order valence-electron chi connectivity index (χ3n) is 4.02. The van der Waals surface area contributed by atoms with Gasteiger partial charge in [-0.25, -0.2) is 0 Å². The van der Waals surface area contributed by atoms with Gasteiger partial charge in [-0.15, -0.1) is 0 Å². The van der Waals surface area contributed by atoms with E-state index < -0.39 is 0 Å². The van der Waals surface area contributed by atoms with E-state index in [2.05, 4.69) is 11.6 Å². The number of fused-ring (bicyclic) bond motifs is 1. The molecule has 2 aromatic rings. The highest BCUT2D eigenvalue weighted by atomic mass is 16.7. The normalized spacial score (nSPS) is 18.6. The van der Waals surface area contributed by atoms with Gasteiger partial charge in [0.05, 0.1) is 11.3 Å². The maximum atomic E-state index is 12.9. The third kappa shape index (κ3) is 2.80. The molecule has 0 radical (unpaired) electrons. The lowest BCUT2D eigenvalue weighted by atomic mass is 10.0. The Labute approximate surface area is 144 Å². The predicted molar refractivity (Wildman–Crippen MR) is 93.3 cm³/mol. The summed E-state index contributed by atoms with van der Waals surface area (Å²) in [5.41, 5.74) is 2.15. The van der Waals surface area contributed by atoms with Gasteiger partial charge in [-0.05, 0) is 36.8 Å². The highest BCUT2D eigenvalue weighted by molar-refractivity contribution is 5.62. The molecule has 124 valence electrons. The molecule has 0 spiro atoms. The molecule has 0 saturated heterocycles. The summed E-state index contributed by atoms with van der Waals surface area (Å²) in [5, 5.41) is 0. The average Bonchev–Trinajstić information content (AvgIpc) is 3.11. The summed E-state index contributed by atoms with van der Waals surface area (Å²) >= 11 is 0. The van der Waals surface area contributed by atoms with Gasteiger partial charge in [0.2, 0.25) is 6.79 Å². The largest absolute Gasteiger partial charge is 0.464 e. The number of ether oxygens (including phenoxy) is 2. The molecule has 1 aliphatic carbocycles. The topological polar surface area (TPSA) is 61.6 Å². The number of hydrogen-bond acceptors (Lipinski definition) is 5. The van der Waals surface area contributed by atoms with Crippen molar-refractivity contribution in [3.05, 3.63) is 94.1 Å². The van der Waals surface area contributed by atoms with Crippen LogP contribution >= 0.6 is 0 Å². The first-order valence-corrected chi connectivity index (χ1v) is 7.84. The fraction of sp³-hybridized carbons (Fsp3) is 0.100. The number of hydrogen-bond donors (Lipinski definition) is 0. The molecule has 0 bridgehead atoms. The molecule has 0 N–H and O–H groups in total. The maximum absolute atomic E-state index is 12.9. The average molecular weight is 333 g/mol. The first kappa shape index (κ1) is 15.2. The Morgan fingerprint density at radius 1 is 1.12 bits per heavy atom. The van der Waals surface area contributed by atoms with Crippen molar-refractivity contribution < 1.29 is 13.9 Å². The minimum absolute atomic E-state index is 0.0989. The van der Waals surface area contributed by atoms with Crippen LogP contribution in [0.3, 0.4) is 0 Å². The molecule has 25 heavy (non-hydrogen) atoms. The van der Waals surface area contributed by atoms with Gasteiger partial charge in [0, 0.05) is 17.3 Å². The lowest BCUT2D eigenvalue weighted by Crippen LogP contribution is -2.13. The van der Waals surface area contributed by atoms with Crippen LogP contribution in [-0.4, -0.2) is 11.8 Å². The van der Waals surface area contributed by atoms with E-state index in [1.54, 1.807) is 36.6 Å². The van der Waals surface area contributed by atoms with Crippen LogP contribution in [0.15, 0.2) is 81.8 Å². The van der Waals surface area contributed by atoms with Crippen LogP contribution in [0.25, 0.3) is 17.3 Å². The van der Waals surface area contributed by atoms with E-state index in [9.17, 15) is 4.79 Å². The third-order valence-corrected chi connectivity index (χ3v) is 4.02. The fourth-order valence-corrected chi connectivity index (χ4v) is 2.75. The molecule has 5 heteroatoms. The van der Waals surface area contributed by atoms with E-state index in [0.29, 0.717) is 46.1 Å². The maximum Gasteiger partial charge on any atom is 0.231 e. The second kappa shape index (κ2) is 6.28. The molecule has 2 aliphatic rings. The molecule has 0 amide bonds. The summed E-state index contributed by atoms with van der Waals surface area (Å²) in [5.74, 6) is 1.71. The van der Waals surface area contributed by atoms with Crippen LogP contribution < -0.4 is 5.43 Å². The fourth-order valence-electron chi connectivity index (χ4n) is 2.75. The molecule has 2 aromatic heterocycles. The Hall–Kier alpha value is -3.34. The minimum atomic E-state index is -0.0989. The molecule has 0 saturated carbocycles. The van der Waals surface area contributed by atoms with Crippen molar-refractivity contribution in [2.24, 2.45) is 0 Å². The summed E-state index contributed by atoms with van der Waals surface area (Å²) in [6, 6.07) is 5.43. The summed E-state index contributed by atoms with van der Waals surface area (Å²) < 4.78 is 16.6. The summed E-state index contributed by atoms with van der Waals surface area (Å²) in [4.78, 5) is 17.2. The van der Waals surface area contributed by atoms with Crippen molar-refractivity contribution in [1.29, 1.82) is 0 Å². The van der Waals surface area contributed by atoms with E-state index in [1.807, 2.05) is 12.1 Å². The summed E-state index contributed by atoms with van der Waals surface area (Å²) in [6.07, 6.45) is 10.6. The van der Waals surface area contributed by atoms with Gasteiger partial charge in [-0.1, -0.05) is 18.7 Å². The lowest BCUT2D eigenvalue weighted by Gasteiger charge is -2.07. The summed E-state index contributed by atoms with van der Waals surface area (Å²) in [6.45, 7) is 4.14. The monoisotopic (exact) mass is 333 g/mol. The number of allylic oxidation sites excluding steroid dienone is 3. The lowest BCUT2D eigenvalue weighted by molar-refractivity contribution is 0.0770. The van der Waals surface area contributed by atoms with E-state index in [-0.39, 0.29) is 12.2 Å². The van der Waals surface area contributed by atoms with Gasteiger partial charge in [0.15, 0.2) is 16.9 Å². The molecule has 4 rings (SSSR count). The van der Waals surface area contributed by atoms with Crippen LogP contribution in [-0.2, 0) is 15.9 Å². The number of rotatable bonds is 1. The Balaban J connectivity index is 1.82. The molecular formula is C20H15NO4. The highest BCUT2D eigenvalue weighted by Gasteiger charge is 2.19. The molecule has 0 aromatic carbocycles. The van der Waals surface area contributed by atoms with Gasteiger partial charge in [0.25, 0.3) is 0 Å². The quantitative estimate of drug-likeness (QED) is 0.798. The van der Waals surface area contributed by atoms with Crippen molar-refractivity contribution in [1.82, 2.24) is 4.98 Å². The van der Waals surface area contributed by atoms with Gasteiger partial charge in [-0.3, -0.25) is 9.78 Å². The van der Waals surface area contributed by atoms with Gasteiger partial charge >= 0.3 is 0 Å². The van der Waals surface area contributed by atoms with E-state index in [0.717, 1.165) is 0 Å². The summed E-state index contributed by atoms with van der Waals surface area (Å²) in [7, 11) is 0. The zero-order valence-electron chi connectivity index (χ0n) is 13.4. The van der Waals surface area contributed by atoms with Crippen molar-refractivity contribution in [3.8, 4) is 11.3 Å². The number of nitrogens with zero attached hydrogens (tertiary/aromatic N) is 1. The minimum Gasteiger partial charge on any atom is -0.464 e. The predicted octanol–water partition coefficient (Wildman–Crippen LogP) is 3.60. The zero-order chi connectivity index (χ0) is 17.2. The molecular weight excluding hydrogens is 318 g/mol. The van der Waals surface area contributed by atoms with Crippen LogP contribution in [0.5, 0.6) is 0 Å². The van der Waals surface area contributed by atoms with Crippen molar-refractivity contribution in [2.75, 3.05) is 6.79 Å². The van der Waals surface area contributed by atoms with Gasteiger partial charge < -0.3 is 13.9 Å².